The Bertz CT molecular complexity index is 752. The Morgan fingerprint density at radius 1 is 1.24 bits per heavy atom. The molecule has 0 amide bonds. The van der Waals surface area contributed by atoms with Gasteiger partial charge in [0.15, 0.2) is 11.5 Å². The molecular formula is C15H15BrN4O. The number of benzene rings is 1. The zero-order valence-electron chi connectivity index (χ0n) is 11.7. The summed E-state index contributed by atoms with van der Waals surface area (Å²) in [5, 5.41) is 3.27. The van der Waals surface area contributed by atoms with Gasteiger partial charge in [0.1, 0.15) is 10.4 Å². The average Bonchev–Trinajstić information content (AvgIpc) is 2.88. The largest absolute Gasteiger partial charge is 0.491 e. The van der Waals surface area contributed by atoms with Gasteiger partial charge in [-0.25, -0.2) is 9.97 Å². The number of rotatable bonds is 4. The highest BCUT2D eigenvalue weighted by Gasteiger charge is 2.07. The van der Waals surface area contributed by atoms with Gasteiger partial charge in [0.2, 0.25) is 0 Å². The van der Waals surface area contributed by atoms with Crippen LogP contribution in [0.2, 0.25) is 0 Å². The highest BCUT2D eigenvalue weighted by atomic mass is 79.9. The van der Waals surface area contributed by atoms with Gasteiger partial charge in [-0.2, -0.15) is 0 Å². The van der Waals surface area contributed by atoms with Crippen LogP contribution in [0.25, 0.3) is 5.65 Å². The predicted octanol–water partition coefficient (Wildman–Crippen LogP) is 4.02. The molecule has 0 saturated heterocycles. The minimum atomic E-state index is 0.167. The average molecular weight is 347 g/mol. The summed E-state index contributed by atoms with van der Waals surface area (Å²) in [5.74, 6) is 1.55. The second-order valence-electron chi connectivity index (χ2n) is 4.89. The fraction of sp³-hybridized carbons (Fsp3) is 0.200. The number of hydrogen-bond acceptors (Lipinski definition) is 4. The van der Waals surface area contributed by atoms with Crippen LogP contribution < -0.4 is 10.1 Å². The third-order valence-corrected chi connectivity index (χ3v) is 3.22. The van der Waals surface area contributed by atoms with Crippen molar-refractivity contribution in [3.63, 3.8) is 0 Å². The van der Waals surface area contributed by atoms with E-state index in [0.717, 1.165) is 21.7 Å². The SMILES string of the molecule is CC(C)Oc1ccc(Nc2nc(Br)cn3ccnc23)cc1. The minimum Gasteiger partial charge on any atom is -0.491 e. The maximum Gasteiger partial charge on any atom is 0.180 e. The lowest BCUT2D eigenvalue weighted by Gasteiger charge is -2.11. The van der Waals surface area contributed by atoms with Crippen molar-refractivity contribution in [2.24, 2.45) is 0 Å². The van der Waals surface area contributed by atoms with Crippen LogP contribution in [0.4, 0.5) is 11.5 Å². The van der Waals surface area contributed by atoms with Crippen LogP contribution >= 0.6 is 15.9 Å². The van der Waals surface area contributed by atoms with Crippen LogP contribution in [0.3, 0.4) is 0 Å². The van der Waals surface area contributed by atoms with Gasteiger partial charge in [-0.1, -0.05) is 0 Å². The number of ether oxygens (including phenoxy) is 1. The molecule has 0 aliphatic rings. The summed E-state index contributed by atoms with van der Waals surface area (Å²) in [6.45, 7) is 4.01. The quantitative estimate of drug-likeness (QED) is 0.774. The Labute approximate surface area is 131 Å². The highest BCUT2D eigenvalue weighted by Crippen LogP contribution is 2.23. The topological polar surface area (TPSA) is 51.5 Å². The van der Waals surface area contributed by atoms with Crippen LogP contribution in [-0.2, 0) is 0 Å². The van der Waals surface area contributed by atoms with E-state index in [-0.39, 0.29) is 6.10 Å². The van der Waals surface area contributed by atoms with Crippen molar-refractivity contribution in [2.45, 2.75) is 20.0 Å². The first kappa shape index (κ1) is 13.9. The summed E-state index contributed by atoms with van der Waals surface area (Å²) < 4.78 is 8.29. The summed E-state index contributed by atoms with van der Waals surface area (Å²) >= 11 is 3.40. The Morgan fingerprint density at radius 2 is 2.00 bits per heavy atom. The molecular weight excluding hydrogens is 332 g/mol. The number of nitrogens with one attached hydrogen (secondary N) is 1. The van der Waals surface area contributed by atoms with Gasteiger partial charge < -0.3 is 14.5 Å². The van der Waals surface area contributed by atoms with E-state index >= 15 is 0 Å². The van der Waals surface area contributed by atoms with E-state index in [0.29, 0.717) is 5.82 Å². The van der Waals surface area contributed by atoms with E-state index in [2.05, 4.69) is 31.2 Å². The summed E-state index contributed by atoms with van der Waals surface area (Å²) in [6, 6.07) is 7.78. The van der Waals surface area contributed by atoms with Crippen LogP contribution in [0.1, 0.15) is 13.8 Å². The van der Waals surface area contributed by atoms with E-state index in [1.807, 2.05) is 54.9 Å². The summed E-state index contributed by atoms with van der Waals surface area (Å²) in [4.78, 5) is 8.74. The molecule has 1 aromatic carbocycles. The van der Waals surface area contributed by atoms with Crippen molar-refractivity contribution < 1.29 is 4.74 Å². The predicted molar refractivity (Wildman–Crippen MR) is 86.2 cm³/mol. The fourth-order valence-corrected chi connectivity index (χ4v) is 2.41. The smallest absolute Gasteiger partial charge is 0.180 e. The maximum atomic E-state index is 5.63. The second kappa shape index (κ2) is 5.73. The molecule has 3 rings (SSSR count). The number of aromatic nitrogens is 3. The summed E-state index contributed by atoms with van der Waals surface area (Å²) in [6.07, 6.45) is 5.66. The molecule has 0 unspecified atom stereocenters. The van der Waals surface area contributed by atoms with Crippen LogP contribution in [0.15, 0.2) is 47.5 Å². The fourth-order valence-electron chi connectivity index (χ4n) is 2.01. The van der Waals surface area contributed by atoms with Crippen molar-refractivity contribution in [3.05, 3.63) is 47.5 Å². The lowest BCUT2D eigenvalue weighted by Crippen LogP contribution is -2.05. The Morgan fingerprint density at radius 3 is 2.71 bits per heavy atom. The van der Waals surface area contributed by atoms with Crippen molar-refractivity contribution in [3.8, 4) is 5.75 Å². The van der Waals surface area contributed by atoms with Gasteiger partial charge in [0, 0.05) is 24.3 Å². The monoisotopic (exact) mass is 346 g/mol. The molecule has 0 fully saturated rings. The van der Waals surface area contributed by atoms with Crippen molar-refractivity contribution in [1.29, 1.82) is 0 Å². The van der Waals surface area contributed by atoms with Gasteiger partial charge >= 0.3 is 0 Å². The van der Waals surface area contributed by atoms with Crippen LogP contribution in [0.5, 0.6) is 5.75 Å². The Balaban J connectivity index is 1.86. The lowest BCUT2D eigenvalue weighted by atomic mass is 10.3. The Hall–Kier alpha value is -2.08. The number of anilines is 2. The molecule has 0 atom stereocenters. The molecule has 21 heavy (non-hydrogen) atoms. The standard InChI is InChI=1S/C15H15BrN4O/c1-10(2)21-12-5-3-11(4-6-12)18-14-15-17-7-8-20(15)9-13(16)19-14/h3-10H,1-2H3,(H,18,19). The number of nitrogens with zero attached hydrogens (tertiary/aromatic N) is 3. The van der Waals surface area contributed by atoms with Crippen LogP contribution in [-0.4, -0.2) is 20.5 Å². The van der Waals surface area contributed by atoms with Gasteiger partial charge in [-0.3, -0.25) is 0 Å². The van der Waals surface area contributed by atoms with Gasteiger partial charge in [0.25, 0.3) is 0 Å². The van der Waals surface area contributed by atoms with Gasteiger partial charge in [-0.15, -0.1) is 0 Å². The highest BCUT2D eigenvalue weighted by molar-refractivity contribution is 9.10. The lowest BCUT2D eigenvalue weighted by molar-refractivity contribution is 0.242. The summed E-state index contributed by atoms with van der Waals surface area (Å²) in [5.41, 5.74) is 1.71. The molecule has 3 aromatic rings. The number of halogens is 1. The molecule has 0 radical (unpaired) electrons. The molecule has 0 aliphatic carbocycles. The molecule has 108 valence electrons. The number of fused-ring (bicyclic) bond motifs is 1. The van der Waals surface area contributed by atoms with E-state index in [9.17, 15) is 0 Å². The zero-order valence-corrected chi connectivity index (χ0v) is 13.3. The van der Waals surface area contributed by atoms with Crippen molar-refractivity contribution in [2.75, 3.05) is 5.32 Å². The molecule has 0 saturated carbocycles. The van der Waals surface area contributed by atoms with E-state index in [1.165, 1.54) is 0 Å². The second-order valence-corrected chi connectivity index (χ2v) is 5.70. The Kier molecular flexibility index (Phi) is 3.79. The van der Waals surface area contributed by atoms with Gasteiger partial charge in [-0.05, 0) is 54.0 Å². The van der Waals surface area contributed by atoms with E-state index in [4.69, 9.17) is 4.74 Å². The first-order valence-corrected chi connectivity index (χ1v) is 7.44. The molecule has 6 heteroatoms. The van der Waals surface area contributed by atoms with E-state index in [1.54, 1.807) is 6.20 Å². The molecule has 5 nitrogen and oxygen atoms in total. The third-order valence-electron chi connectivity index (χ3n) is 2.83. The molecule has 2 heterocycles. The number of imidazole rings is 1. The minimum absolute atomic E-state index is 0.167. The van der Waals surface area contributed by atoms with Crippen molar-refractivity contribution in [1.82, 2.24) is 14.4 Å². The third kappa shape index (κ3) is 3.16. The zero-order chi connectivity index (χ0) is 14.8. The molecule has 0 aliphatic heterocycles. The first-order valence-electron chi connectivity index (χ1n) is 6.65. The van der Waals surface area contributed by atoms with Crippen LogP contribution in [0, 0.1) is 0 Å². The number of hydrogen-bond donors (Lipinski definition) is 1. The molecule has 0 spiro atoms. The molecule has 1 N–H and O–H groups in total. The molecule has 0 bridgehead atoms. The maximum absolute atomic E-state index is 5.63. The van der Waals surface area contributed by atoms with Crippen molar-refractivity contribution >= 4 is 33.1 Å². The first-order chi connectivity index (χ1) is 10.1. The molecule has 2 aromatic heterocycles. The normalized spacial score (nSPS) is 11.0. The van der Waals surface area contributed by atoms with Gasteiger partial charge in [0.05, 0.1) is 6.10 Å². The summed E-state index contributed by atoms with van der Waals surface area (Å²) in [7, 11) is 0. The van der Waals surface area contributed by atoms with E-state index < -0.39 is 0 Å².